The van der Waals surface area contributed by atoms with E-state index >= 15 is 0 Å². The van der Waals surface area contributed by atoms with Crippen LogP contribution >= 0.6 is 0 Å². The number of carbonyl (C=O) groups excluding carboxylic acids is 1. The van der Waals surface area contributed by atoms with E-state index in [2.05, 4.69) is 25.7 Å². The number of hydrogen-bond donors (Lipinski definition) is 1. The normalized spacial score (nSPS) is 10.9. The first-order chi connectivity index (χ1) is 7.55. The van der Waals surface area contributed by atoms with Crippen molar-refractivity contribution in [3.8, 4) is 0 Å². The van der Waals surface area contributed by atoms with Crippen molar-refractivity contribution in [1.82, 2.24) is 5.32 Å². The number of amides is 1. The van der Waals surface area contributed by atoms with Crippen LogP contribution in [0.4, 0.5) is 0 Å². The molecule has 1 amide bonds. The topological polar surface area (TPSA) is 29.1 Å². The lowest BCUT2D eigenvalue weighted by atomic mass is 9.89. The summed E-state index contributed by atoms with van der Waals surface area (Å²) in [5, 5.41) is 2.94. The Kier molecular flexibility index (Phi) is 4.29. The van der Waals surface area contributed by atoms with Gasteiger partial charge in [0.1, 0.15) is 0 Å². The van der Waals surface area contributed by atoms with E-state index in [0.717, 1.165) is 6.42 Å². The highest BCUT2D eigenvalue weighted by Gasteiger charge is 2.17. The van der Waals surface area contributed by atoms with Crippen LogP contribution in [0.2, 0.25) is 0 Å². The van der Waals surface area contributed by atoms with Gasteiger partial charge < -0.3 is 5.32 Å². The van der Waals surface area contributed by atoms with E-state index in [4.69, 9.17) is 0 Å². The van der Waals surface area contributed by atoms with Crippen molar-refractivity contribution in [2.45, 2.75) is 20.3 Å². The fourth-order valence-corrected chi connectivity index (χ4v) is 1.47. The second kappa shape index (κ2) is 5.50. The highest BCUT2D eigenvalue weighted by atomic mass is 16.1. The van der Waals surface area contributed by atoms with Gasteiger partial charge in [0, 0.05) is 12.1 Å². The summed E-state index contributed by atoms with van der Waals surface area (Å²) in [7, 11) is 0. The van der Waals surface area contributed by atoms with Gasteiger partial charge in [-0.1, -0.05) is 38.1 Å². The molecule has 0 fully saturated rings. The summed E-state index contributed by atoms with van der Waals surface area (Å²) < 4.78 is 0. The molecule has 0 spiro atoms. The summed E-state index contributed by atoms with van der Waals surface area (Å²) >= 11 is 0. The van der Waals surface area contributed by atoms with Crippen LogP contribution in [-0.4, -0.2) is 12.5 Å². The van der Waals surface area contributed by atoms with Crippen LogP contribution in [0.25, 0.3) is 0 Å². The van der Waals surface area contributed by atoms with Crippen molar-refractivity contribution in [2.75, 3.05) is 6.54 Å². The molecule has 1 aromatic rings. The molecule has 1 N–H and O–H groups in total. The molecule has 0 aliphatic rings. The van der Waals surface area contributed by atoms with Gasteiger partial charge in [0.25, 0.3) is 5.91 Å². The van der Waals surface area contributed by atoms with E-state index < -0.39 is 0 Å². The Bertz CT molecular complexity index is 354. The Balaban J connectivity index is 2.50. The van der Waals surface area contributed by atoms with E-state index in [1.807, 2.05) is 36.4 Å². The molecule has 0 heterocycles. The Labute approximate surface area is 97.4 Å². The largest absolute Gasteiger partial charge is 0.351 e. The van der Waals surface area contributed by atoms with Crippen molar-refractivity contribution in [3.63, 3.8) is 0 Å². The minimum atomic E-state index is -0.0160. The lowest BCUT2D eigenvalue weighted by Crippen LogP contribution is -2.33. The first-order valence-corrected chi connectivity index (χ1v) is 5.49. The van der Waals surface area contributed by atoms with Crippen molar-refractivity contribution in [1.29, 1.82) is 0 Å². The lowest BCUT2D eigenvalue weighted by molar-refractivity contribution is 0.0937. The molecule has 1 rings (SSSR count). The first-order valence-electron chi connectivity index (χ1n) is 5.49. The summed E-state index contributed by atoms with van der Waals surface area (Å²) in [5.41, 5.74) is 0.767. The summed E-state index contributed by atoms with van der Waals surface area (Å²) in [4.78, 5) is 11.8. The monoisotopic (exact) mass is 217 g/mol. The fraction of sp³-hybridized carbons (Fsp3) is 0.357. The number of benzene rings is 1. The van der Waals surface area contributed by atoms with Crippen LogP contribution in [-0.2, 0) is 0 Å². The second-order valence-corrected chi connectivity index (χ2v) is 4.71. The van der Waals surface area contributed by atoms with Gasteiger partial charge in [0.15, 0.2) is 0 Å². The van der Waals surface area contributed by atoms with E-state index in [-0.39, 0.29) is 11.3 Å². The van der Waals surface area contributed by atoms with Gasteiger partial charge in [-0.3, -0.25) is 4.79 Å². The molecule has 86 valence electrons. The molecule has 0 saturated carbocycles. The molecule has 0 unspecified atom stereocenters. The van der Waals surface area contributed by atoms with Crippen LogP contribution < -0.4 is 5.32 Å². The molecule has 2 heteroatoms. The summed E-state index contributed by atoms with van der Waals surface area (Å²) in [6, 6.07) is 9.26. The van der Waals surface area contributed by atoms with Crippen LogP contribution in [0.15, 0.2) is 43.0 Å². The minimum Gasteiger partial charge on any atom is -0.351 e. The first kappa shape index (κ1) is 12.5. The summed E-state index contributed by atoms with van der Waals surface area (Å²) in [6.45, 7) is 8.60. The van der Waals surface area contributed by atoms with E-state index in [1.54, 1.807) is 0 Å². The molecule has 0 atom stereocenters. The van der Waals surface area contributed by atoms with Gasteiger partial charge in [0.2, 0.25) is 0 Å². The fourth-order valence-electron chi connectivity index (χ4n) is 1.47. The van der Waals surface area contributed by atoms with Gasteiger partial charge in [-0.05, 0) is 24.0 Å². The molecular weight excluding hydrogens is 198 g/mol. The molecule has 16 heavy (non-hydrogen) atoms. The smallest absolute Gasteiger partial charge is 0.251 e. The third-order valence-corrected chi connectivity index (χ3v) is 2.46. The molecule has 0 aliphatic carbocycles. The average molecular weight is 217 g/mol. The molecular formula is C14H19NO. The number of rotatable bonds is 5. The Morgan fingerprint density at radius 2 is 2.00 bits per heavy atom. The van der Waals surface area contributed by atoms with Crippen molar-refractivity contribution < 1.29 is 4.79 Å². The van der Waals surface area contributed by atoms with Crippen LogP contribution in [0.3, 0.4) is 0 Å². The lowest BCUT2D eigenvalue weighted by Gasteiger charge is -2.23. The zero-order valence-corrected chi connectivity index (χ0v) is 9.99. The van der Waals surface area contributed by atoms with Crippen LogP contribution in [0.5, 0.6) is 0 Å². The van der Waals surface area contributed by atoms with Crippen molar-refractivity contribution in [2.24, 2.45) is 5.41 Å². The van der Waals surface area contributed by atoms with Crippen molar-refractivity contribution >= 4 is 5.91 Å². The molecule has 0 aromatic heterocycles. The van der Waals surface area contributed by atoms with Gasteiger partial charge in [-0.2, -0.15) is 0 Å². The predicted octanol–water partition coefficient (Wildman–Crippen LogP) is 3.02. The van der Waals surface area contributed by atoms with E-state index in [1.165, 1.54) is 0 Å². The maximum atomic E-state index is 11.8. The van der Waals surface area contributed by atoms with E-state index in [9.17, 15) is 4.79 Å². The summed E-state index contributed by atoms with van der Waals surface area (Å²) in [5.74, 6) is -0.0160. The molecule has 0 saturated heterocycles. The quantitative estimate of drug-likeness (QED) is 0.755. The Morgan fingerprint density at radius 1 is 1.38 bits per heavy atom. The summed E-state index contributed by atoms with van der Waals surface area (Å²) in [6.07, 6.45) is 2.77. The predicted molar refractivity (Wildman–Crippen MR) is 67.4 cm³/mol. The van der Waals surface area contributed by atoms with E-state index in [0.29, 0.717) is 12.1 Å². The molecule has 2 nitrogen and oxygen atoms in total. The Morgan fingerprint density at radius 3 is 2.56 bits per heavy atom. The average Bonchev–Trinajstić information content (AvgIpc) is 2.27. The second-order valence-electron chi connectivity index (χ2n) is 4.71. The number of hydrogen-bond acceptors (Lipinski definition) is 1. The zero-order valence-electron chi connectivity index (χ0n) is 9.99. The minimum absolute atomic E-state index is 0.0160. The highest BCUT2D eigenvalue weighted by molar-refractivity contribution is 5.94. The number of carbonyl (C=O) groups is 1. The third kappa shape index (κ3) is 3.89. The maximum absolute atomic E-state index is 11.8. The van der Waals surface area contributed by atoms with Gasteiger partial charge in [-0.15, -0.1) is 6.58 Å². The highest BCUT2D eigenvalue weighted by Crippen LogP contribution is 2.19. The van der Waals surface area contributed by atoms with Crippen LogP contribution in [0.1, 0.15) is 30.6 Å². The zero-order chi connectivity index (χ0) is 12.0. The Hall–Kier alpha value is -1.57. The third-order valence-electron chi connectivity index (χ3n) is 2.46. The van der Waals surface area contributed by atoms with Gasteiger partial charge in [0.05, 0.1) is 0 Å². The molecule has 1 aromatic carbocycles. The molecule has 0 bridgehead atoms. The van der Waals surface area contributed by atoms with Gasteiger partial charge in [-0.25, -0.2) is 0 Å². The van der Waals surface area contributed by atoms with Gasteiger partial charge >= 0.3 is 0 Å². The van der Waals surface area contributed by atoms with Crippen LogP contribution in [0, 0.1) is 5.41 Å². The SMILES string of the molecule is C=CCC(C)(C)CNC(=O)c1ccccc1. The van der Waals surface area contributed by atoms with Crippen molar-refractivity contribution in [3.05, 3.63) is 48.6 Å². The standard InChI is InChI=1S/C14H19NO/c1-4-10-14(2,3)11-15-13(16)12-8-6-5-7-9-12/h4-9H,1,10-11H2,2-3H3,(H,15,16). The molecule has 0 radical (unpaired) electrons. The number of allylic oxidation sites excluding steroid dienone is 1. The molecule has 0 aliphatic heterocycles. The maximum Gasteiger partial charge on any atom is 0.251 e. The number of nitrogens with one attached hydrogen (secondary N) is 1.